The van der Waals surface area contributed by atoms with Crippen molar-refractivity contribution in [2.75, 3.05) is 50.0 Å². The van der Waals surface area contributed by atoms with E-state index in [9.17, 15) is 9.18 Å². The van der Waals surface area contributed by atoms with Gasteiger partial charge in [-0.25, -0.2) is 13.8 Å². The molecule has 9 heteroatoms. The Balaban J connectivity index is 1.36. The van der Waals surface area contributed by atoms with Gasteiger partial charge in [0.25, 0.3) is 5.91 Å². The van der Waals surface area contributed by atoms with Crippen LogP contribution in [0.25, 0.3) is 0 Å². The standard InChI is InChI=1S/C24H24F2N6O/c1-30-10-12-31(13-11-30)23(33)20-7-6-19(14-21(20)26)32-9-8-16-15-27-24(29-22(16)32)28-18-4-2-17(25)3-5-18/h2-7,14-15H,8-13H2,1H3,(H,27,28,29). The van der Waals surface area contributed by atoms with E-state index in [1.54, 1.807) is 35.4 Å². The highest BCUT2D eigenvalue weighted by Crippen LogP contribution is 2.34. The number of amides is 1. The zero-order chi connectivity index (χ0) is 22.9. The third kappa shape index (κ3) is 4.36. The van der Waals surface area contributed by atoms with Crippen LogP contribution in [0.3, 0.4) is 0 Å². The Labute approximate surface area is 190 Å². The second-order valence-electron chi connectivity index (χ2n) is 8.34. The predicted octanol–water partition coefficient (Wildman–Crippen LogP) is 3.58. The average molecular weight is 450 g/mol. The number of fused-ring (bicyclic) bond motifs is 1. The lowest BCUT2D eigenvalue weighted by Gasteiger charge is -2.32. The number of rotatable bonds is 4. The quantitative estimate of drug-likeness (QED) is 0.656. The summed E-state index contributed by atoms with van der Waals surface area (Å²) in [7, 11) is 2.01. The van der Waals surface area contributed by atoms with Crippen LogP contribution < -0.4 is 10.2 Å². The summed E-state index contributed by atoms with van der Waals surface area (Å²) in [4.78, 5) is 27.5. The van der Waals surface area contributed by atoms with Gasteiger partial charge in [-0.3, -0.25) is 4.79 Å². The third-order valence-electron chi connectivity index (χ3n) is 6.09. The summed E-state index contributed by atoms with van der Waals surface area (Å²) in [6.45, 7) is 3.39. The molecule has 7 nitrogen and oxygen atoms in total. The van der Waals surface area contributed by atoms with E-state index in [1.807, 2.05) is 11.9 Å². The lowest BCUT2D eigenvalue weighted by Crippen LogP contribution is -2.47. The Hall–Kier alpha value is -3.59. The summed E-state index contributed by atoms with van der Waals surface area (Å²) < 4.78 is 28.2. The van der Waals surface area contributed by atoms with Crippen molar-refractivity contribution in [3.05, 3.63) is 71.4 Å². The smallest absolute Gasteiger partial charge is 0.256 e. The zero-order valence-electron chi connectivity index (χ0n) is 18.3. The number of hydrogen-bond acceptors (Lipinski definition) is 6. The SMILES string of the molecule is CN1CCN(C(=O)c2ccc(N3CCc4cnc(Nc5ccc(F)cc5)nc43)cc2F)CC1. The van der Waals surface area contributed by atoms with Gasteiger partial charge in [0.15, 0.2) is 0 Å². The molecule has 1 saturated heterocycles. The molecule has 2 aliphatic heterocycles. The molecule has 0 bridgehead atoms. The molecule has 2 aromatic carbocycles. The summed E-state index contributed by atoms with van der Waals surface area (Å²) >= 11 is 0. The van der Waals surface area contributed by atoms with Crippen LogP contribution in [-0.4, -0.2) is 65.4 Å². The van der Waals surface area contributed by atoms with Gasteiger partial charge in [0.1, 0.15) is 17.5 Å². The Bertz CT molecular complexity index is 1180. The second kappa shape index (κ2) is 8.74. The number of likely N-dealkylation sites (N-methyl/N-ethyl adjacent to an activating group) is 1. The maximum absolute atomic E-state index is 15.0. The molecule has 170 valence electrons. The van der Waals surface area contributed by atoms with Crippen molar-refractivity contribution in [1.82, 2.24) is 19.8 Å². The first-order valence-electron chi connectivity index (χ1n) is 10.9. The molecule has 3 heterocycles. The molecule has 0 atom stereocenters. The molecule has 0 radical (unpaired) electrons. The summed E-state index contributed by atoms with van der Waals surface area (Å²) in [5, 5.41) is 3.06. The molecular weight excluding hydrogens is 426 g/mol. The number of hydrogen-bond donors (Lipinski definition) is 1. The molecular formula is C24H24F2N6O. The number of carbonyl (C=O) groups excluding carboxylic acids is 1. The molecule has 0 saturated carbocycles. The van der Waals surface area contributed by atoms with Crippen LogP contribution in [0.4, 0.5) is 31.9 Å². The summed E-state index contributed by atoms with van der Waals surface area (Å²) in [5.41, 5.74) is 2.34. The van der Waals surface area contributed by atoms with Gasteiger partial charge < -0.3 is 20.0 Å². The first-order chi connectivity index (χ1) is 16.0. The van der Waals surface area contributed by atoms with E-state index in [1.165, 1.54) is 18.2 Å². The largest absolute Gasteiger partial charge is 0.336 e. The van der Waals surface area contributed by atoms with Crippen molar-refractivity contribution in [3.8, 4) is 0 Å². The average Bonchev–Trinajstić information content (AvgIpc) is 3.24. The Morgan fingerprint density at radius 1 is 1.00 bits per heavy atom. The van der Waals surface area contributed by atoms with E-state index in [4.69, 9.17) is 0 Å². The number of nitrogens with one attached hydrogen (secondary N) is 1. The van der Waals surface area contributed by atoms with Gasteiger partial charge in [0.2, 0.25) is 5.95 Å². The number of benzene rings is 2. The molecule has 5 rings (SSSR count). The molecule has 0 spiro atoms. The fourth-order valence-corrected chi connectivity index (χ4v) is 4.15. The molecule has 3 aromatic rings. The Kier molecular flexibility index (Phi) is 5.63. The minimum Gasteiger partial charge on any atom is -0.336 e. The molecule has 1 N–H and O–H groups in total. The molecule has 0 aliphatic carbocycles. The highest BCUT2D eigenvalue weighted by atomic mass is 19.1. The molecule has 33 heavy (non-hydrogen) atoms. The maximum Gasteiger partial charge on any atom is 0.256 e. The van der Waals surface area contributed by atoms with E-state index in [2.05, 4.69) is 20.2 Å². The van der Waals surface area contributed by atoms with E-state index >= 15 is 4.39 Å². The molecule has 1 aromatic heterocycles. The fourth-order valence-electron chi connectivity index (χ4n) is 4.15. The summed E-state index contributed by atoms with van der Waals surface area (Å²) in [6, 6.07) is 10.6. The van der Waals surface area contributed by atoms with Gasteiger partial charge in [0.05, 0.1) is 5.56 Å². The lowest BCUT2D eigenvalue weighted by molar-refractivity contribution is 0.0659. The van der Waals surface area contributed by atoms with Crippen molar-refractivity contribution < 1.29 is 13.6 Å². The number of aromatic nitrogens is 2. The first-order valence-corrected chi connectivity index (χ1v) is 10.9. The van der Waals surface area contributed by atoms with Crippen LogP contribution in [0.5, 0.6) is 0 Å². The molecule has 0 unspecified atom stereocenters. The Morgan fingerprint density at radius 3 is 2.48 bits per heavy atom. The summed E-state index contributed by atoms with van der Waals surface area (Å²) in [6.07, 6.45) is 2.48. The van der Waals surface area contributed by atoms with Gasteiger partial charge in [-0.2, -0.15) is 4.98 Å². The number of halogens is 2. The minimum absolute atomic E-state index is 0.0871. The monoisotopic (exact) mass is 450 g/mol. The van der Waals surface area contributed by atoms with Gasteiger partial charge in [-0.1, -0.05) is 0 Å². The molecule has 2 aliphatic rings. The van der Waals surface area contributed by atoms with E-state index in [0.29, 0.717) is 42.8 Å². The number of nitrogens with zero attached hydrogens (tertiary/aromatic N) is 5. The summed E-state index contributed by atoms with van der Waals surface area (Å²) in [5.74, 6) is -0.0781. The van der Waals surface area contributed by atoms with Gasteiger partial charge >= 0.3 is 0 Å². The highest BCUT2D eigenvalue weighted by molar-refractivity contribution is 5.95. The van der Waals surface area contributed by atoms with Crippen LogP contribution in [0.2, 0.25) is 0 Å². The third-order valence-corrected chi connectivity index (χ3v) is 6.09. The highest BCUT2D eigenvalue weighted by Gasteiger charge is 2.26. The zero-order valence-corrected chi connectivity index (χ0v) is 18.3. The first kappa shape index (κ1) is 21.3. The molecule has 1 amide bonds. The van der Waals surface area contributed by atoms with Crippen molar-refractivity contribution in [2.24, 2.45) is 0 Å². The topological polar surface area (TPSA) is 64.6 Å². The number of piperazine rings is 1. The van der Waals surface area contributed by atoms with E-state index < -0.39 is 5.82 Å². The predicted molar refractivity (Wildman–Crippen MR) is 122 cm³/mol. The van der Waals surface area contributed by atoms with E-state index in [0.717, 1.165) is 25.1 Å². The van der Waals surface area contributed by atoms with Gasteiger partial charge in [-0.15, -0.1) is 0 Å². The van der Waals surface area contributed by atoms with Crippen LogP contribution in [0, 0.1) is 11.6 Å². The van der Waals surface area contributed by atoms with Crippen LogP contribution in [0.1, 0.15) is 15.9 Å². The van der Waals surface area contributed by atoms with Crippen LogP contribution >= 0.6 is 0 Å². The van der Waals surface area contributed by atoms with Gasteiger partial charge in [0, 0.05) is 55.9 Å². The van der Waals surface area contributed by atoms with Gasteiger partial charge in [-0.05, 0) is 55.9 Å². The second-order valence-corrected chi connectivity index (χ2v) is 8.34. The fraction of sp³-hybridized carbons (Fsp3) is 0.292. The van der Waals surface area contributed by atoms with Crippen LogP contribution in [-0.2, 0) is 6.42 Å². The van der Waals surface area contributed by atoms with E-state index in [-0.39, 0.29) is 17.3 Å². The van der Waals surface area contributed by atoms with Crippen molar-refractivity contribution in [2.45, 2.75) is 6.42 Å². The Morgan fingerprint density at radius 2 is 1.76 bits per heavy atom. The minimum atomic E-state index is -0.538. The van der Waals surface area contributed by atoms with Crippen LogP contribution in [0.15, 0.2) is 48.7 Å². The normalized spacial score (nSPS) is 16.1. The van der Waals surface area contributed by atoms with Crippen molar-refractivity contribution in [3.63, 3.8) is 0 Å². The number of carbonyl (C=O) groups is 1. The maximum atomic E-state index is 15.0. The van der Waals surface area contributed by atoms with Crippen molar-refractivity contribution in [1.29, 1.82) is 0 Å². The molecule has 1 fully saturated rings. The number of anilines is 4. The van der Waals surface area contributed by atoms with Crippen molar-refractivity contribution >= 4 is 29.0 Å². The lowest BCUT2D eigenvalue weighted by atomic mass is 10.1.